The highest BCUT2D eigenvalue weighted by Gasteiger charge is 2.21. The molecule has 0 aliphatic heterocycles. The lowest BCUT2D eigenvalue weighted by Crippen LogP contribution is -2.26. The van der Waals surface area contributed by atoms with E-state index < -0.39 is 0 Å². The molecule has 130 valence electrons. The van der Waals surface area contributed by atoms with E-state index in [0.717, 1.165) is 29.8 Å². The number of benzene rings is 3. The van der Waals surface area contributed by atoms with Gasteiger partial charge in [0.15, 0.2) is 0 Å². The molecule has 0 radical (unpaired) electrons. The average Bonchev–Trinajstić information content (AvgIpc) is 2.71. The first-order chi connectivity index (χ1) is 12.8. The molecule has 3 aromatic carbocycles. The zero-order valence-corrected chi connectivity index (χ0v) is 14.7. The van der Waals surface area contributed by atoms with E-state index in [1.54, 1.807) is 0 Å². The van der Waals surface area contributed by atoms with Crippen LogP contribution in [0.1, 0.15) is 23.1 Å². The molecule has 1 aliphatic carbocycles. The van der Waals surface area contributed by atoms with Crippen LogP contribution in [0.2, 0.25) is 0 Å². The van der Waals surface area contributed by atoms with Crippen LogP contribution in [0.25, 0.3) is 5.57 Å². The van der Waals surface area contributed by atoms with Gasteiger partial charge in [-0.1, -0.05) is 72.8 Å². The lowest BCUT2D eigenvalue weighted by Gasteiger charge is -2.29. The van der Waals surface area contributed by atoms with Crippen LogP contribution in [-0.2, 0) is 13.0 Å². The van der Waals surface area contributed by atoms with E-state index in [1.807, 2.05) is 48.5 Å². The van der Waals surface area contributed by atoms with Crippen molar-refractivity contribution in [2.45, 2.75) is 19.4 Å². The summed E-state index contributed by atoms with van der Waals surface area (Å²) >= 11 is 0. The molecule has 0 saturated heterocycles. The Morgan fingerprint density at radius 2 is 1.35 bits per heavy atom. The lowest BCUT2D eigenvalue weighted by atomic mass is 9.89. The van der Waals surface area contributed by atoms with Gasteiger partial charge in [-0.2, -0.15) is 0 Å². The highest BCUT2D eigenvalue weighted by Crippen LogP contribution is 2.34. The molecule has 0 bridgehead atoms. The molecule has 0 amide bonds. The highest BCUT2D eigenvalue weighted by molar-refractivity contribution is 5.75. The van der Waals surface area contributed by atoms with Crippen molar-refractivity contribution >= 4 is 11.3 Å². The van der Waals surface area contributed by atoms with Crippen LogP contribution in [0.15, 0.2) is 90.8 Å². The minimum Gasteiger partial charge on any atom is -0.363 e. The van der Waals surface area contributed by atoms with E-state index in [2.05, 4.69) is 41.3 Å². The first kappa shape index (κ1) is 16.6. The van der Waals surface area contributed by atoms with Gasteiger partial charge in [-0.25, -0.2) is 4.39 Å². The number of aryl methyl sites for hydroxylation is 1. The average molecular weight is 343 g/mol. The van der Waals surface area contributed by atoms with Crippen LogP contribution < -0.4 is 4.90 Å². The number of allylic oxidation sites excluding steroid dienone is 1. The lowest BCUT2D eigenvalue weighted by molar-refractivity contribution is 0.582. The SMILES string of the molecule is FC1=C(CN(Cc2ccccc2)c2ccccc2)c2ccccc2CC1. The first-order valence-corrected chi connectivity index (χ1v) is 9.11. The Labute approximate surface area is 154 Å². The van der Waals surface area contributed by atoms with Crippen LogP contribution in [-0.4, -0.2) is 6.54 Å². The van der Waals surface area contributed by atoms with E-state index in [1.165, 1.54) is 11.1 Å². The summed E-state index contributed by atoms with van der Waals surface area (Å²) in [6, 6.07) is 28.8. The van der Waals surface area contributed by atoms with Gasteiger partial charge in [-0.15, -0.1) is 0 Å². The fraction of sp³-hybridized carbons (Fsp3) is 0.167. The van der Waals surface area contributed by atoms with Crippen molar-refractivity contribution in [1.82, 2.24) is 0 Å². The molecular weight excluding hydrogens is 321 g/mol. The van der Waals surface area contributed by atoms with Crippen molar-refractivity contribution in [3.05, 3.63) is 107 Å². The molecule has 0 fully saturated rings. The first-order valence-electron chi connectivity index (χ1n) is 9.11. The maximum atomic E-state index is 14.8. The number of nitrogens with zero attached hydrogens (tertiary/aromatic N) is 1. The van der Waals surface area contributed by atoms with Crippen LogP contribution in [0.3, 0.4) is 0 Å². The fourth-order valence-electron chi connectivity index (χ4n) is 3.62. The van der Waals surface area contributed by atoms with Gasteiger partial charge in [0, 0.05) is 30.8 Å². The molecule has 0 N–H and O–H groups in total. The Balaban J connectivity index is 1.69. The van der Waals surface area contributed by atoms with E-state index in [0.29, 0.717) is 13.0 Å². The summed E-state index contributed by atoms with van der Waals surface area (Å²) in [6.45, 7) is 1.32. The zero-order valence-electron chi connectivity index (χ0n) is 14.7. The molecular formula is C24H22FN. The molecule has 0 saturated carbocycles. The van der Waals surface area contributed by atoms with Crippen molar-refractivity contribution in [2.75, 3.05) is 11.4 Å². The highest BCUT2D eigenvalue weighted by atomic mass is 19.1. The third-order valence-corrected chi connectivity index (χ3v) is 4.97. The summed E-state index contributed by atoms with van der Waals surface area (Å²) in [5.74, 6) is 0.0256. The number of fused-ring (bicyclic) bond motifs is 1. The van der Waals surface area contributed by atoms with Crippen LogP contribution in [0.5, 0.6) is 0 Å². The van der Waals surface area contributed by atoms with Crippen LogP contribution >= 0.6 is 0 Å². The van der Waals surface area contributed by atoms with E-state index in [4.69, 9.17) is 0 Å². The van der Waals surface area contributed by atoms with E-state index in [9.17, 15) is 4.39 Å². The third-order valence-electron chi connectivity index (χ3n) is 4.97. The molecule has 1 nitrogen and oxygen atoms in total. The predicted octanol–water partition coefficient (Wildman–Crippen LogP) is 6.02. The number of anilines is 1. The van der Waals surface area contributed by atoms with Gasteiger partial charge < -0.3 is 4.90 Å². The van der Waals surface area contributed by atoms with Crippen molar-refractivity contribution in [3.8, 4) is 0 Å². The maximum absolute atomic E-state index is 14.8. The van der Waals surface area contributed by atoms with Gasteiger partial charge in [0.1, 0.15) is 5.83 Å². The molecule has 0 unspecified atom stereocenters. The number of rotatable bonds is 5. The number of para-hydroxylation sites is 1. The smallest absolute Gasteiger partial charge is 0.106 e. The normalized spacial score (nSPS) is 13.4. The molecule has 3 aromatic rings. The Kier molecular flexibility index (Phi) is 4.83. The van der Waals surface area contributed by atoms with Crippen LogP contribution in [0.4, 0.5) is 10.1 Å². The molecule has 0 spiro atoms. The largest absolute Gasteiger partial charge is 0.363 e. The van der Waals surface area contributed by atoms with Crippen molar-refractivity contribution in [2.24, 2.45) is 0 Å². The minimum atomic E-state index is 0.0256. The fourth-order valence-corrected chi connectivity index (χ4v) is 3.62. The summed E-state index contributed by atoms with van der Waals surface area (Å²) in [6.07, 6.45) is 1.29. The van der Waals surface area contributed by atoms with Gasteiger partial charge in [0.25, 0.3) is 0 Å². The molecule has 26 heavy (non-hydrogen) atoms. The Morgan fingerprint density at radius 3 is 2.12 bits per heavy atom. The number of hydrogen-bond acceptors (Lipinski definition) is 1. The summed E-state index contributed by atoms with van der Waals surface area (Å²) < 4.78 is 14.8. The van der Waals surface area contributed by atoms with Gasteiger partial charge in [0.05, 0.1) is 0 Å². The molecule has 2 heteroatoms. The Bertz CT molecular complexity index is 900. The second kappa shape index (κ2) is 7.57. The molecule has 4 rings (SSSR count). The second-order valence-electron chi connectivity index (χ2n) is 6.72. The number of halogens is 1. The van der Waals surface area contributed by atoms with Crippen molar-refractivity contribution in [1.29, 1.82) is 0 Å². The second-order valence-corrected chi connectivity index (χ2v) is 6.72. The van der Waals surface area contributed by atoms with E-state index in [-0.39, 0.29) is 5.83 Å². The molecule has 0 aromatic heterocycles. The van der Waals surface area contributed by atoms with Crippen LogP contribution in [0, 0.1) is 0 Å². The number of hydrogen-bond donors (Lipinski definition) is 0. The quantitative estimate of drug-likeness (QED) is 0.547. The third kappa shape index (κ3) is 3.55. The van der Waals surface area contributed by atoms with Gasteiger partial charge in [0.2, 0.25) is 0 Å². The molecule has 1 aliphatic rings. The van der Waals surface area contributed by atoms with Gasteiger partial charge >= 0.3 is 0 Å². The summed E-state index contributed by atoms with van der Waals surface area (Å²) in [5.41, 5.74) is 5.47. The molecule has 0 atom stereocenters. The maximum Gasteiger partial charge on any atom is 0.106 e. The standard InChI is InChI=1S/C24H22FN/c25-24-16-15-20-11-7-8-14-22(20)23(24)18-26(21-12-5-2-6-13-21)17-19-9-3-1-4-10-19/h1-14H,15-18H2. The topological polar surface area (TPSA) is 3.24 Å². The summed E-state index contributed by atoms with van der Waals surface area (Å²) in [4.78, 5) is 2.26. The Morgan fingerprint density at radius 1 is 0.692 bits per heavy atom. The van der Waals surface area contributed by atoms with Gasteiger partial charge in [-0.05, 0) is 35.2 Å². The zero-order chi connectivity index (χ0) is 17.8. The predicted molar refractivity (Wildman–Crippen MR) is 107 cm³/mol. The minimum absolute atomic E-state index is 0.0256. The summed E-state index contributed by atoms with van der Waals surface area (Å²) in [7, 11) is 0. The van der Waals surface area contributed by atoms with Gasteiger partial charge in [-0.3, -0.25) is 0 Å². The van der Waals surface area contributed by atoms with Crippen molar-refractivity contribution < 1.29 is 4.39 Å². The monoisotopic (exact) mass is 343 g/mol. The summed E-state index contributed by atoms with van der Waals surface area (Å²) in [5, 5.41) is 0. The van der Waals surface area contributed by atoms with Crippen molar-refractivity contribution in [3.63, 3.8) is 0 Å². The van der Waals surface area contributed by atoms with E-state index >= 15 is 0 Å². The Hall–Kier alpha value is -2.87. The molecule has 0 heterocycles.